The Hall–Kier alpha value is -1.81. The number of aromatic nitrogens is 1. The first-order valence-electron chi connectivity index (χ1n) is 8.23. The SMILES string of the molecule is O=C(c1cc2ccccc2[nH]1)N1CCC[C@]2(CCC[C@H]2O)C1. The van der Waals surface area contributed by atoms with E-state index >= 15 is 0 Å². The van der Waals surface area contributed by atoms with Gasteiger partial charge in [0.2, 0.25) is 0 Å². The molecule has 0 bridgehead atoms. The number of hydrogen-bond acceptors (Lipinski definition) is 2. The van der Waals surface area contributed by atoms with E-state index in [1.165, 1.54) is 0 Å². The van der Waals surface area contributed by atoms with Crippen LogP contribution in [0.1, 0.15) is 42.6 Å². The van der Waals surface area contributed by atoms with Gasteiger partial charge in [0.15, 0.2) is 0 Å². The van der Waals surface area contributed by atoms with E-state index in [0.29, 0.717) is 12.2 Å². The molecule has 2 N–H and O–H groups in total. The first kappa shape index (κ1) is 13.8. The number of nitrogens with one attached hydrogen (secondary N) is 1. The lowest BCUT2D eigenvalue weighted by atomic mass is 9.76. The molecule has 1 saturated heterocycles. The van der Waals surface area contributed by atoms with Gasteiger partial charge < -0.3 is 15.0 Å². The monoisotopic (exact) mass is 298 g/mol. The molecule has 1 aliphatic carbocycles. The summed E-state index contributed by atoms with van der Waals surface area (Å²) in [5.74, 6) is 0.0642. The molecule has 4 heteroatoms. The van der Waals surface area contributed by atoms with Crippen LogP contribution in [0.4, 0.5) is 0 Å². The number of rotatable bonds is 1. The molecule has 2 aliphatic rings. The largest absolute Gasteiger partial charge is 0.392 e. The van der Waals surface area contributed by atoms with Crippen LogP contribution in [-0.2, 0) is 0 Å². The minimum absolute atomic E-state index is 0.0556. The molecule has 0 radical (unpaired) electrons. The molecule has 0 unspecified atom stereocenters. The van der Waals surface area contributed by atoms with Crippen LogP contribution in [0.15, 0.2) is 30.3 Å². The fourth-order valence-corrected chi connectivity index (χ4v) is 4.29. The van der Waals surface area contributed by atoms with Gasteiger partial charge in [-0.15, -0.1) is 0 Å². The molecule has 116 valence electrons. The number of likely N-dealkylation sites (tertiary alicyclic amines) is 1. The van der Waals surface area contributed by atoms with Crippen LogP contribution in [0.2, 0.25) is 0 Å². The summed E-state index contributed by atoms with van der Waals surface area (Å²) in [6.07, 6.45) is 4.80. The second-order valence-corrected chi connectivity index (χ2v) is 6.87. The highest BCUT2D eigenvalue weighted by atomic mass is 16.3. The molecule has 4 nitrogen and oxygen atoms in total. The topological polar surface area (TPSA) is 56.3 Å². The molecule has 1 amide bonds. The van der Waals surface area contributed by atoms with Crippen molar-refractivity contribution in [3.05, 3.63) is 36.0 Å². The summed E-state index contributed by atoms with van der Waals surface area (Å²) in [7, 11) is 0. The number of para-hydroxylation sites is 1. The van der Waals surface area contributed by atoms with E-state index in [4.69, 9.17) is 0 Å². The number of carbonyl (C=O) groups is 1. The first-order chi connectivity index (χ1) is 10.7. The third-order valence-corrected chi connectivity index (χ3v) is 5.52. The maximum absolute atomic E-state index is 12.8. The number of hydrogen-bond donors (Lipinski definition) is 2. The van der Waals surface area contributed by atoms with Crippen LogP contribution in [0, 0.1) is 5.41 Å². The molecule has 22 heavy (non-hydrogen) atoms. The zero-order chi connectivity index (χ0) is 15.2. The standard InChI is InChI=1S/C18H22N2O2/c21-16-7-3-8-18(16)9-4-10-20(12-18)17(22)15-11-13-5-1-2-6-14(13)19-15/h1-2,5-6,11,16,19,21H,3-4,7-10,12H2/t16-,18-/m1/s1. The third kappa shape index (κ3) is 2.13. The Morgan fingerprint density at radius 1 is 1.27 bits per heavy atom. The molecular formula is C18H22N2O2. The van der Waals surface area contributed by atoms with Gasteiger partial charge in [0, 0.05) is 29.4 Å². The Balaban J connectivity index is 1.59. The molecule has 1 aromatic carbocycles. The number of carbonyl (C=O) groups excluding carboxylic acids is 1. The second kappa shape index (κ2) is 5.13. The van der Waals surface area contributed by atoms with Crippen LogP contribution in [0.3, 0.4) is 0 Å². The first-order valence-corrected chi connectivity index (χ1v) is 8.23. The van der Waals surface area contributed by atoms with Gasteiger partial charge in [0.05, 0.1) is 6.10 Å². The average Bonchev–Trinajstić information content (AvgIpc) is 3.11. The van der Waals surface area contributed by atoms with Crippen LogP contribution < -0.4 is 0 Å². The van der Waals surface area contributed by atoms with E-state index in [2.05, 4.69) is 4.98 Å². The molecule has 1 aliphatic heterocycles. The molecule has 1 saturated carbocycles. The van der Waals surface area contributed by atoms with Gasteiger partial charge in [-0.1, -0.05) is 24.6 Å². The van der Waals surface area contributed by atoms with Crippen molar-refractivity contribution in [2.45, 2.75) is 38.2 Å². The van der Waals surface area contributed by atoms with Crippen molar-refractivity contribution in [1.29, 1.82) is 0 Å². The van der Waals surface area contributed by atoms with Crippen molar-refractivity contribution in [2.75, 3.05) is 13.1 Å². The fourth-order valence-electron chi connectivity index (χ4n) is 4.29. The average molecular weight is 298 g/mol. The molecular weight excluding hydrogens is 276 g/mol. The number of aliphatic hydroxyl groups is 1. The quantitative estimate of drug-likeness (QED) is 0.850. The highest BCUT2D eigenvalue weighted by Gasteiger charge is 2.45. The molecule has 1 aromatic heterocycles. The number of amides is 1. The summed E-state index contributed by atoms with van der Waals surface area (Å²) in [4.78, 5) is 18.0. The lowest BCUT2D eigenvalue weighted by Gasteiger charge is -2.42. The number of fused-ring (bicyclic) bond motifs is 1. The molecule has 4 rings (SSSR count). The molecule has 2 atom stereocenters. The highest BCUT2D eigenvalue weighted by Crippen LogP contribution is 2.45. The van der Waals surface area contributed by atoms with Gasteiger partial charge >= 0.3 is 0 Å². The molecule has 1 spiro atoms. The van der Waals surface area contributed by atoms with Crippen molar-refractivity contribution in [3.63, 3.8) is 0 Å². The summed E-state index contributed by atoms with van der Waals surface area (Å²) < 4.78 is 0. The van der Waals surface area contributed by atoms with E-state index in [-0.39, 0.29) is 17.4 Å². The Morgan fingerprint density at radius 2 is 2.09 bits per heavy atom. The molecule has 2 fully saturated rings. The number of benzene rings is 1. The second-order valence-electron chi connectivity index (χ2n) is 6.87. The number of aliphatic hydroxyl groups excluding tert-OH is 1. The van der Waals surface area contributed by atoms with Crippen molar-refractivity contribution < 1.29 is 9.90 Å². The van der Waals surface area contributed by atoms with E-state index < -0.39 is 0 Å². The highest BCUT2D eigenvalue weighted by molar-refractivity contribution is 5.98. The van der Waals surface area contributed by atoms with Gasteiger partial charge in [0.25, 0.3) is 5.91 Å². The summed E-state index contributed by atoms with van der Waals surface area (Å²) in [6, 6.07) is 9.89. The summed E-state index contributed by atoms with van der Waals surface area (Å²) >= 11 is 0. The number of piperidine rings is 1. The summed E-state index contributed by atoms with van der Waals surface area (Å²) in [5, 5.41) is 11.4. The lowest BCUT2D eigenvalue weighted by Crippen LogP contribution is -2.49. The molecule has 2 aromatic rings. The van der Waals surface area contributed by atoms with Crippen LogP contribution in [0.25, 0.3) is 10.9 Å². The Labute approximate surface area is 130 Å². The lowest BCUT2D eigenvalue weighted by molar-refractivity contribution is -0.00552. The predicted molar refractivity (Wildman–Crippen MR) is 85.7 cm³/mol. The van der Waals surface area contributed by atoms with Crippen molar-refractivity contribution >= 4 is 16.8 Å². The Bertz CT molecular complexity index is 675. The maximum Gasteiger partial charge on any atom is 0.270 e. The summed E-state index contributed by atoms with van der Waals surface area (Å²) in [6.45, 7) is 1.49. The van der Waals surface area contributed by atoms with Gasteiger partial charge in [-0.25, -0.2) is 0 Å². The van der Waals surface area contributed by atoms with Crippen LogP contribution in [0.5, 0.6) is 0 Å². The van der Waals surface area contributed by atoms with Gasteiger partial charge in [-0.3, -0.25) is 4.79 Å². The predicted octanol–water partition coefficient (Wildman–Crippen LogP) is 2.94. The van der Waals surface area contributed by atoms with E-state index in [1.54, 1.807) is 0 Å². The number of nitrogens with zero attached hydrogens (tertiary/aromatic N) is 1. The normalized spacial score (nSPS) is 28.6. The van der Waals surface area contributed by atoms with Crippen molar-refractivity contribution in [1.82, 2.24) is 9.88 Å². The van der Waals surface area contributed by atoms with E-state index in [1.807, 2.05) is 35.2 Å². The third-order valence-electron chi connectivity index (χ3n) is 5.52. The molecule has 2 heterocycles. The Morgan fingerprint density at radius 3 is 2.86 bits per heavy atom. The minimum atomic E-state index is -0.245. The zero-order valence-corrected chi connectivity index (χ0v) is 12.7. The van der Waals surface area contributed by atoms with Crippen LogP contribution >= 0.6 is 0 Å². The van der Waals surface area contributed by atoms with Crippen molar-refractivity contribution in [2.24, 2.45) is 5.41 Å². The van der Waals surface area contributed by atoms with Gasteiger partial charge in [-0.2, -0.15) is 0 Å². The number of H-pyrrole nitrogens is 1. The minimum Gasteiger partial charge on any atom is -0.392 e. The van der Waals surface area contributed by atoms with Gasteiger partial charge in [-0.05, 0) is 37.8 Å². The zero-order valence-electron chi connectivity index (χ0n) is 12.7. The van der Waals surface area contributed by atoms with Crippen molar-refractivity contribution in [3.8, 4) is 0 Å². The number of aromatic amines is 1. The maximum atomic E-state index is 12.8. The van der Waals surface area contributed by atoms with E-state index in [9.17, 15) is 9.90 Å². The van der Waals surface area contributed by atoms with Crippen LogP contribution in [-0.4, -0.2) is 40.1 Å². The van der Waals surface area contributed by atoms with Gasteiger partial charge in [0.1, 0.15) is 5.69 Å². The Kier molecular flexibility index (Phi) is 3.22. The fraction of sp³-hybridized carbons (Fsp3) is 0.500. The summed E-state index contributed by atoms with van der Waals surface area (Å²) in [5.41, 5.74) is 1.60. The smallest absolute Gasteiger partial charge is 0.270 e. The van der Waals surface area contributed by atoms with E-state index in [0.717, 1.165) is 49.6 Å².